The van der Waals surface area contributed by atoms with Gasteiger partial charge in [-0.2, -0.15) is 0 Å². The third-order valence-electron chi connectivity index (χ3n) is 3.93. The van der Waals surface area contributed by atoms with Crippen LogP contribution in [0.1, 0.15) is 42.0 Å². The number of benzene rings is 1. The highest BCUT2D eigenvalue weighted by Gasteiger charge is 2.43. The molecule has 0 heterocycles. The van der Waals surface area contributed by atoms with Crippen LogP contribution in [0.25, 0.3) is 0 Å². The monoisotopic (exact) mass is 219 g/mol. The van der Waals surface area contributed by atoms with Crippen LogP contribution in [0, 0.1) is 13.8 Å². The molecule has 0 aromatic heterocycles. The molecule has 1 aromatic carbocycles. The van der Waals surface area contributed by atoms with E-state index in [2.05, 4.69) is 32.0 Å². The molecule has 0 amide bonds. The van der Waals surface area contributed by atoms with Crippen LogP contribution in [0.5, 0.6) is 0 Å². The number of aryl methyl sites for hydroxylation is 2. The van der Waals surface area contributed by atoms with Crippen molar-refractivity contribution in [3.63, 3.8) is 0 Å². The molecule has 1 aliphatic carbocycles. The van der Waals surface area contributed by atoms with Crippen LogP contribution in [0.2, 0.25) is 0 Å². The van der Waals surface area contributed by atoms with Crippen LogP contribution >= 0.6 is 0 Å². The van der Waals surface area contributed by atoms with Crippen molar-refractivity contribution in [1.82, 2.24) is 0 Å². The maximum absolute atomic E-state index is 6.37. The molecule has 1 fully saturated rings. The molecule has 2 heteroatoms. The smallest absolute Gasteiger partial charge is 0.0870 e. The Kier molecular flexibility index (Phi) is 3.04. The number of nitrogens with two attached hydrogens (primary N) is 1. The van der Waals surface area contributed by atoms with Gasteiger partial charge in [0.2, 0.25) is 0 Å². The second-order valence-electron chi connectivity index (χ2n) is 4.96. The molecule has 0 aliphatic heterocycles. The summed E-state index contributed by atoms with van der Waals surface area (Å²) in [6.45, 7) is 4.24. The largest absolute Gasteiger partial charge is 0.376 e. The average Bonchev–Trinajstić information content (AvgIpc) is 2.16. The zero-order chi connectivity index (χ0) is 11.8. The van der Waals surface area contributed by atoms with Gasteiger partial charge >= 0.3 is 0 Å². The van der Waals surface area contributed by atoms with Crippen molar-refractivity contribution in [2.45, 2.75) is 44.8 Å². The Morgan fingerprint density at radius 3 is 2.44 bits per heavy atom. The first-order valence-electron chi connectivity index (χ1n) is 5.97. The highest BCUT2D eigenvalue weighted by atomic mass is 16.5. The standard InChI is InChI=1S/C14H21NO/c1-10-5-6-12(11(2)9-10)13(15)14(16-3)7-4-8-14/h5-6,9,13H,4,7-8,15H2,1-3H3. The van der Waals surface area contributed by atoms with Gasteiger partial charge in [-0.15, -0.1) is 0 Å². The van der Waals surface area contributed by atoms with E-state index in [-0.39, 0.29) is 11.6 Å². The lowest BCUT2D eigenvalue weighted by Gasteiger charge is -2.45. The molecule has 1 aromatic rings. The number of ether oxygens (including phenoxy) is 1. The van der Waals surface area contributed by atoms with Gasteiger partial charge in [-0.3, -0.25) is 0 Å². The molecule has 0 saturated heterocycles. The van der Waals surface area contributed by atoms with E-state index in [1.54, 1.807) is 7.11 Å². The van der Waals surface area contributed by atoms with Crippen molar-refractivity contribution in [3.8, 4) is 0 Å². The van der Waals surface area contributed by atoms with Crippen LogP contribution in [0.3, 0.4) is 0 Å². The van der Waals surface area contributed by atoms with E-state index in [9.17, 15) is 0 Å². The number of hydrogen-bond donors (Lipinski definition) is 1. The van der Waals surface area contributed by atoms with E-state index >= 15 is 0 Å². The Hall–Kier alpha value is -0.860. The number of hydrogen-bond acceptors (Lipinski definition) is 2. The van der Waals surface area contributed by atoms with Crippen LogP contribution in [-0.2, 0) is 4.74 Å². The van der Waals surface area contributed by atoms with E-state index in [0.717, 1.165) is 12.8 Å². The van der Waals surface area contributed by atoms with Gasteiger partial charge in [-0.1, -0.05) is 23.8 Å². The highest BCUT2D eigenvalue weighted by Crippen LogP contribution is 2.44. The molecule has 16 heavy (non-hydrogen) atoms. The van der Waals surface area contributed by atoms with Crippen LogP contribution in [-0.4, -0.2) is 12.7 Å². The summed E-state index contributed by atoms with van der Waals surface area (Å²) in [5.41, 5.74) is 10.0. The minimum Gasteiger partial charge on any atom is -0.376 e. The van der Waals surface area contributed by atoms with Crippen LogP contribution in [0.4, 0.5) is 0 Å². The summed E-state index contributed by atoms with van der Waals surface area (Å²) < 4.78 is 5.65. The lowest BCUT2D eigenvalue weighted by Crippen LogP contribution is -2.48. The molecule has 88 valence electrons. The Bertz CT molecular complexity index is 377. The predicted molar refractivity (Wildman–Crippen MR) is 66.4 cm³/mol. The molecular formula is C14H21NO. The van der Waals surface area contributed by atoms with Gasteiger partial charge < -0.3 is 10.5 Å². The minimum atomic E-state index is -0.111. The van der Waals surface area contributed by atoms with E-state index in [0.29, 0.717) is 0 Å². The summed E-state index contributed by atoms with van der Waals surface area (Å²) in [7, 11) is 1.78. The number of methoxy groups -OCH3 is 1. The first-order chi connectivity index (χ1) is 7.59. The summed E-state index contributed by atoms with van der Waals surface area (Å²) in [5.74, 6) is 0. The first-order valence-corrected chi connectivity index (χ1v) is 5.97. The quantitative estimate of drug-likeness (QED) is 0.848. The fourth-order valence-corrected chi connectivity index (χ4v) is 2.63. The normalized spacial score (nSPS) is 20.2. The van der Waals surface area contributed by atoms with Gasteiger partial charge in [-0.05, 0) is 44.2 Å². The third kappa shape index (κ3) is 1.76. The topological polar surface area (TPSA) is 35.2 Å². The SMILES string of the molecule is COC1(C(N)c2ccc(C)cc2C)CCC1. The van der Waals surface area contributed by atoms with Gasteiger partial charge in [0.25, 0.3) is 0 Å². The molecule has 1 unspecified atom stereocenters. The molecule has 1 saturated carbocycles. The number of rotatable bonds is 3. The van der Waals surface area contributed by atoms with Crippen molar-refractivity contribution in [2.75, 3.05) is 7.11 Å². The first kappa shape index (κ1) is 11.6. The Balaban J connectivity index is 2.29. The molecule has 0 bridgehead atoms. The van der Waals surface area contributed by atoms with Crippen molar-refractivity contribution in [1.29, 1.82) is 0 Å². The minimum absolute atomic E-state index is 0.00634. The van der Waals surface area contributed by atoms with Gasteiger partial charge in [0.15, 0.2) is 0 Å². The Morgan fingerprint density at radius 2 is 2.00 bits per heavy atom. The van der Waals surface area contributed by atoms with Gasteiger partial charge in [0.1, 0.15) is 0 Å². The van der Waals surface area contributed by atoms with Crippen LogP contribution in [0.15, 0.2) is 18.2 Å². The maximum Gasteiger partial charge on any atom is 0.0870 e. The molecule has 1 atom stereocenters. The predicted octanol–water partition coefficient (Wildman–Crippen LogP) is 2.87. The second kappa shape index (κ2) is 4.19. The molecule has 0 radical (unpaired) electrons. The van der Waals surface area contributed by atoms with Crippen molar-refractivity contribution >= 4 is 0 Å². The molecule has 2 rings (SSSR count). The van der Waals surface area contributed by atoms with E-state index in [1.807, 2.05) is 0 Å². The van der Waals surface area contributed by atoms with E-state index in [4.69, 9.17) is 10.5 Å². The zero-order valence-corrected chi connectivity index (χ0v) is 10.4. The maximum atomic E-state index is 6.37. The zero-order valence-electron chi connectivity index (χ0n) is 10.4. The third-order valence-corrected chi connectivity index (χ3v) is 3.93. The Morgan fingerprint density at radius 1 is 1.31 bits per heavy atom. The fourth-order valence-electron chi connectivity index (χ4n) is 2.63. The van der Waals surface area contributed by atoms with Crippen molar-refractivity contribution < 1.29 is 4.74 Å². The van der Waals surface area contributed by atoms with Gasteiger partial charge in [-0.25, -0.2) is 0 Å². The molecule has 2 N–H and O–H groups in total. The van der Waals surface area contributed by atoms with Crippen LogP contribution < -0.4 is 5.73 Å². The lowest BCUT2D eigenvalue weighted by atomic mass is 9.72. The second-order valence-corrected chi connectivity index (χ2v) is 4.96. The van der Waals surface area contributed by atoms with E-state index < -0.39 is 0 Å². The highest BCUT2D eigenvalue weighted by molar-refractivity contribution is 5.34. The Labute approximate surface area is 97.8 Å². The summed E-state index contributed by atoms with van der Waals surface area (Å²) >= 11 is 0. The summed E-state index contributed by atoms with van der Waals surface area (Å²) in [6, 6.07) is 6.47. The van der Waals surface area contributed by atoms with E-state index in [1.165, 1.54) is 23.1 Å². The molecule has 2 nitrogen and oxygen atoms in total. The lowest BCUT2D eigenvalue weighted by molar-refractivity contribution is -0.0912. The van der Waals surface area contributed by atoms with Crippen molar-refractivity contribution in [3.05, 3.63) is 34.9 Å². The average molecular weight is 219 g/mol. The fraction of sp³-hybridized carbons (Fsp3) is 0.571. The van der Waals surface area contributed by atoms with Gasteiger partial charge in [0, 0.05) is 7.11 Å². The molecule has 0 spiro atoms. The molecular weight excluding hydrogens is 198 g/mol. The summed E-state index contributed by atoms with van der Waals surface area (Å²) in [4.78, 5) is 0. The van der Waals surface area contributed by atoms with Gasteiger partial charge in [0.05, 0.1) is 11.6 Å². The van der Waals surface area contributed by atoms with Crippen molar-refractivity contribution in [2.24, 2.45) is 5.73 Å². The molecule has 1 aliphatic rings. The summed E-state index contributed by atoms with van der Waals surface area (Å²) in [5, 5.41) is 0. The summed E-state index contributed by atoms with van der Waals surface area (Å²) in [6.07, 6.45) is 3.39.